The van der Waals surface area contributed by atoms with Crippen LogP contribution in [0.15, 0.2) is 24.3 Å². The third kappa shape index (κ3) is 3.70. The minimum absolute atomic E-state index is 0.146. The predicted octanol–water partition coefficient (Wildman–Crippen LogP) is -0.988. The Kier molecular flexibility index (Phi) is 5.51. The molecule has 0 aliphatic carbocycles. The maximum atomic E-state index is 9.82. The van der Waals surface area contributed by atoms with Gasteiger partial charge >= 0.3 is 0 Å². The number of ether oxygens (including phenoxy) is 3. The van der Waals surface area contributed by atoms with Gasteiger partial charge in [0, 0.05) is 0 Å². The van der Waals surface area contributed by atoms with Gasteiger partial charge in [-0.1, -0.05) is 12.1 Å². The summed E-state index contributed by atoms with van der Waals surface area (Å²) in [6.45, 7) is -0.333. The Labute approximate surface area is 122 Å². The van der Waals surface area contributed by atoms with Gasteiger partial charge in [0.15, 0.2) is 6.29 Å². The van der Waals surface area contributed by atoms with E-state index in [1.165, 1.54) is 0 Å². The van der Waals surface area contributed by atoms with Crippen LogP contribution in [0.3, 0.4) is 0 Å². The number of rotatable bonds is 5. The zero-order valence-electron chi connectivity index (χ0n) is 11.6. The van der Waals surface area contributed by atoms with Crippen LogP contribution in [-0.4, -0.2) is 64.8 Å². The Morgan fingerprint density at radius 2 is 1.71 bits per heavy atom. The number of hydrogen-bond donors (Lipinski definition) is 4. The third-order valence-electron chi connectivity index (χ3n) is 3.42. The Morgan fingerprint density at radius 1 is 1.05 bits per heavy atom. The molecule has 1 heterocycles. The molecular formula is C14H20O7. The quantitative estimate of drug-likeness (QED) is 0.553. The lowest BCUT2D eigenvalue weighted by molar-refractivity contribution is -0.304. The molecule has 1 aromatic rings. The van der Waals surface area contributed by atoms with Crippen LogP contribution in [0.5, 0.6) is 5.75 Å². The average Bonchev–Trinajstić information content (AvgIpc) is 2.52. The highest BCUT2D eigenvalue weighted by Gasteiger charge is 2.43. The molecule has 0 amide bonds. The van der Waals surface area contributed by atoms with Gasteiger partial charge in [-0.05, 0) is 17.7 Å². The van der Waals surface area contributed by atoms with Gasteiger partial charge in [0.2, 0.25) is 0 Å². The second-order valence-electron chi connectivity index (χ2n) is 4.86. The van der Waals surface area contributed by atoms with Crippen molar-refractivity contribution in [2.24, 2.45) is 0 Å². The van der Waals surface area contributed by atoms with Crippen molar-refractivity contribution in [3.05, 3.63) is 29.8 Å². The highest BCUT2D eigenvalue weighted by atomic mass is 16.7. The molecule has 1 saturated heterocycles. The van der Waals surface area contributed by atoms with Gasteiger partial charge in [0.1, 0.15) is 30.2 Å². The number of benzene rings is 1. The van der Waals surface area contributed by atoms with Crippen LogP contribution in [0, 0.1) is 0 Å². The molecule has 0 saturated carbocycles. The van der Waals surface area contributed by atoms with E-state index in [1.54, 1.807) is 31.4 Å². The molecule has 118 valence electrons. The molecule has 21 heavy (non-hydrogen) atoms. The van der Waals surface area contributed by atoms with E-state index in [-0.39, 0.29) is 6.61 Å². The SMILES string of the molecule is COc1ccc(CO[C@@H]2OC(CO)[C@H](O)C(O)[C@@H]2O)cc1. The summed E-state index contributed by atoms with van der Waals surface area (Å²) >= 11 is 0. The fraction of sp³-hybridized carbons (Fsp3) is 0.571. The van der Waals surface area contributed by atoms with Crippen LogP contribution in [0.25, 0.3) is 0 Å². The normalized spacial score (nSPS) is 32.9. The van der Waals surface area contributed by atoms with Gasteiger partial charge in [-0.2, -0.15) is 0 Å². The largest absolute Gasteiger partial charge is 0.497 e. The zero-order chi connectivity index (χ0) is 15.4. The van der Waals surface area contributed by atoms with E-state index in [0.29, 0.717) is 5.75 Å². The van der Waals surface area contributed by atoms with Crippen molar-refractivity contribution in [2.75, 3.05) is 13.7 Å². The number of methoxy groups -OCH3 is 1. The Balaban J connectivity index is 1.94. The van der Waals surface area contributed by atoms with E-state index >= 15 is 0 Å². The van der Waals surface area contributed by atoms with Gasteiger partial charge in [-0.15, -0.1) is 0 Å². The van der Waals surface area contributed by atoms with E-state index in [2.05, 4.69) is 0 Å². The Bertz CT molecular complexity index is 433. The summed E-state index contributed by atoms with van der Waals surface area (Å²) < 4.78 is 15.7. The second-order valence-corrected chi connectivity index (χ2v) is 4.86. The molecule has 7 nitrogen and oxygen atoms in total. The molecular weight excluding hydrogens is 280 g/mol. The number of aliphatic hydroxyl groups is 4. The van der Waals surface area contributed by atoms with Crippen LogP contribution in [0.1, 0.15) is 5.56 Å². The van der Waals surface area contributed by atoms with Gasteiger partial charge in [-0.25, -0.2) is 0 Å². The smallest absolute Gasteiger partial charge is 0.187 e. The van der Waals surface area contributed by atoms with Gasteiger partial charge in [0.25, 0.3) is 0 Å². The highest BCUT2D eigenvalue weighted by Crippen LogP contribution is 2.23. The zero-order valence-corrected chi connectivity index (χ0v) is 11.6. The average molecular weight is 300 g/mol. The summed E-state index contributed by atoms with van der Waals surface area (Å²) in [5.74, 6) is 0.714. The lowest BCUT2D eigenvalue weighted by Gasteiger charge is -2.39. The molecule has 0 radical (unpaired) electrons. The fourth-order valence-corrected chi connectivity index (χ4v) is 2.11. The molecule has 5 atom stereocenters. The van der Waals surface area contributed by atoms with Crippen molar-refractivity contribution in [1.82, 2.24) is 0 Å². The van der Waals surface area contributed by atoms with Crippen LogP contribution in [-0.2, 0) is 16.1 Å². The molecule has 0 spiro atoms. The van der Waals surface area contributed by atoms with Crippen LogP contribution in [0.4, 0.5) is 0 Å². The van der Waals surface area contributed by atoms with Crippen molar-refractivity contribution in [2.45, 2.75) is 37.3 Å². The lowest BCUT2D eigenvalue weighted by atomic mass is 9.99. The van der Waals surface area contributed by atoms with Crippen molar-refractivity contribution >= 4 is 0 Å². The molecule has 1 aliphatic rings. The molecule has 0 bridgehead atoms. The standard InChI is InChI=1S/C14H20O7/c1-19-9-4-2-8(3-5-9)7-20-14-13(18)12(17)11(16)10(6-15)21-14/h2-5,10-18H,6-7H2,1H3/t10?,11-,12?,13-,14+/m0/s1. The molecule has 2 unspecified atom stereocenters. The van der Waals surface area contributed by atoms with E-state index < -0.39 is 37.3 Å². The van der Waals surface area contributed by atoms with E-state index in [1.807, 2.05) is 0 Å². The first-order valence-corrected chi connectivity index (χ1v) is 6.62. The van der Waals surface area contributed by atoms with Gasteiger partial charge in [0.05, 0.1) is 20.3 Å². The van der Waals surface area contributed by atoms with E-state index in [4.69, 9.17) is 19.3 Å². The molecule has 1 aliphatic heterocycles. The second kappa shape index (κ2) is 7.17. The monoisotopic (exact) mass is 300 g/mol. The van der Waals surface area contributed by atoms with Crippen molar-refractivity contribution in [1.29, 1.82) is 0 Å². The maximum Gasteiger partial charge on any atom is 0.187 e. The van der Waals surface area contributed by atoms with E-state index in [9.17, 15) is 15.3 Å². The lowest BCUT2D eigenvalue weighted by Crippen LogP contribution is -2.59. The van der Waals surface area contributed by atoms with Crippen LogP contribution in [0.2, 0.25) is 0 Å². The van der Waals surface area contributed by atoms with Crippen molar-refractivity contribution in [3.63, 3.8) is 0 Å². The van der Waals surface area contributed by atoms with Crippen molar-refractivity contribution in [3.8, 4) is 5.75 Å². The first-order valence-electron chi connectivity index (χ1n) is 6.62. The summed E-state index contributed by atoms with van der Waals surface area (Å²) in [5.41, 5.74) is 0.827. The molecule has 1 aromatic carbocycles. The minimum Gasteiger partial charge on any atom is -0.497 e. The topological polar surface area (TPSA) is 109 Å². The maximum absolute atomic E-state index is 9.82. The summed E-state index contributed by atoms with van der Waals surface area (Å²) in [5, 5.41) is 38.2. The summed E-state index contributed by atoms with van der Waals surface area (Å²) in [7, 11) is 1.57. The van der Waals surface area contributed by atoms with Gasteiger partial charge < -0.3 is 34.6 Å². The van der Waals surface area contributed by atoms with Crippen LogP contribution >= 0.6 is 0 Å². The summed E-state index contributed by atoms with van der Waals surface area (Å²) in [6, 6.07) is 7.13. The molecule has 7 heteroatoms. The first-order chi connectivity index (χ1) is 10.1. The number of aliphatic hydroxyl groups excluding tert-OH is 4. The van der Waals surface area contributed by atoms with Crippen molar-refractivity contribution < 1.29 is 34.6 Å². The van der Waals surface area contributed by atoms with E-state index in [0.717, 1.165) is 5.56 Å². The molecule has 4 N–H and O–H groups in total. The summed E-state index contributed by atoms with van der Waals surface area (Å²) in [6.07, 6.45) is -6.30. The minimum atomic E-state index is -1.43. The Hall–Kier alpha value is -1.22. The molecule has 2 rings (SSSR count). The molecule has 1 fully saturated rings. The third-order valence-corrected chi connectivity index (χ3v) is 3.42. The summed E-state index contributed by atoms with van der Waals surface area (Å²) in [4.78, 5) is 0. The predicted molar refractivity (Wildman–Crippen MR) is 71.6 cm³/mol. The van der Waals surface area contributed by atoms with Crippen LogP contribution < -0.4 is 4.74 Å². The first kappa shape index (κ1) is 16.2. The van der Waals surface area contributed by atoms with Gasteiger partial charge in [-0.3, -0.25) is 0 Å². The number of hydrogen-bond acceptors (Lipinski definition) is 7. The molecule has 0 aromatic heterocycles. The Morgan fingerprint density at radius 3 is 2.29 bits per heavy atom. The fourth-order valence-electron chi connectivity index (χ4n) is 2.11. The highest BCUT2D eigenvalue weighted by molar-refractivity contribution is 5.26.